The maximum atomic E-state index is 5.57. The zero-order valence-corrected chi connectivity index (χ0v) is 7.40. The van der Waals surface area contributed by atoms with Gasteiger partial charge in [0.25, 0.3) is 0 Å². The van der Waals surface area contributed by atoms with Gasteiger partial charge in [0.05, 0.1) is 19.3 Å². The van der Waals surface area contributed by atoms with Gasteiger partial charge in [-0.25, -0.2) is 10.8 Å². The quantitative estimate of drug-likeness (QED) is 0.652. The summed E-state index contributed by atoms with van der Waals surface area (Å²) in [5.74, 6) is 6.39. The van der Waals surface area contributed by atoms with Gasteiger partial charge in [0, 0.05) is 6.07 Å². The van der Waals surface area contributed by atoms with Crippen molar-refractivity contribution in [2.45, 2.75) is 6.54 Å². The molecule has 0 spiro atoms. The van der Waals surface area contributed by atoms with E-state index in [-0.39, 0.29) is 0 Å². The van der Waals surface area contributed by atoms with Crippen molar-refractivity contribution in [2.75, 3.05) is 7.11 Å². The highest BCUT2D eigenvalue weighted by Crippen LogP contribution is 2.27. The van der Waals surface area contributed by atoms with E-state index in [9.17, 15) is 0 Å². The van der Waals surface area contributed by atoms with Crippen molar-refractivity contribution in [1.82, 2.24) is 5.01 Å². The number of hydrazine groups is 1. The summed E-state index contributed by atoms with van der Waals surface area (Å²) >= 11 is 0. The first-order valence-electron chi connectivity index (χ1n) is 4.02. The van der Waals surface area contributed by atoms with Crippen molar-refractivity contribution >= 4 is 12.0 Å². The summed E-state index contributed by atoms with van der Waals surface area (Å²) in [5, 5.41) is 1.55. The lowest BCUT2D eigenvalue weighted by molar-refractivity contribution is 0.412. The molecular formula is C9H11N3O. The fraction of sp³-hybridized carbons (Fsp3) is 0.222. The molecule has 0 fully saturated rings. The second-order valence-electron chi connectivity index (χ2n) is 2.91. The van der Waals surface area contributed by atoms with Crippen molar-refractivity contribution < 1.29 is 4.74 Å². The molecule has 0 saturated heterocycles. The van der Waals surface area contributed by atoms with Gasteiger partial charge in [0.1, 0.15) is 12.1 Å². The lowest BCUT2D eigenvalue weighted by Gasteiger charge is -2.19. The van der Waals surface area contributed by atoms with Crippen LogP contribution in [0.5, 0.6) is 5.75 Å². The maximum Gasteiger partial charge on any atom is 0.121 e. The van der Waals surface area contributed by atoms with Crippen LogP contribution in [0.25, 0.3) is 0 Å². The Kier molecular flexibility index (Phi) is 1.90. The van der Waals surface area contributed by atoms with Crippen molar-refractivity contribution in [3.05, 3.63) is 23.8 Å². The molecule has 1 aromatic rings. The van der Waals surface area contributed by atoms with Gasteiger partial charge < -0.3 is 4.74 Å². The Balaban J connectivity index is 2.40. The minimum Gasteiger partial charge on any atom is -0.497 e. The standard InChI is InChI=1S/C9H11N3O/c1-13-8-3-2-7-5-12(10)6-11-9(7)4-8/h2-4,6H,5,10H2,1H3. The van der Waals surface area contributed by atoms with E-state index in [0.717, 1.165) is 17.0 Å². The molecule has 1 heterocycles. The van der Waals surface area contributed by atoms with Crippen LogP contribution in [0, 0.1) is 0 Å². The van der Waals surface area contributed by atoms with Crippen molar-refractivity contribution in [3.63, 3.8) is 0 Å². The number of methoxy groups -OCH3 is 1. The van der Waals surface area contributed by atoms with Gasteiger partial charge in [-0.1, -0.05) is 6.07 Å². The molecule has 13 heavy (non-hydrogen) atoms. The number of ether oxygens (including phenoxy) is 1. The normalized spacial score (nSPS) is 14.2. The van der Waals surface area contributed by atoms with Crippen molar-refractivity contribution in [1.29, 1.82) is 0 Å². The molecule has 1 aliphatic rings. The monoisotopic (exact) mass is 177 g/mol. The predicted octanol–water partition coefficient (Wildman–Crippen LogP) is 1.04. The first-order chi connectivity index (χ1) is 6.29. The van der Waals surface area contributed by atoms with Gasteiger partial charge in [-0.05, 0) is 11.6 Å². The van der Waals surface area contributed by atoms with Gasteiger partial charge in [-0.3, -0.25) is 5.01 Å². The summed E-state index contributed by atoms with van der Waals surface area (Å²) in [6, 6.07) is 5.79. The first kappa shape index (κ1) is 8.07. The van der Waals surface area contributed by atoms with Crippen LogP contribution in [0.4, 0.5) is 5.69 Å². The molecule has 0 saturated carbocycles. The van der Waals surface area contributed by atoms with Crippen molar-refractivity contribution in [3.8, 4) is 5.75 Å². The maximum absolute atomic E-state index is 5.57. The first-order valence-corrected chi connectivity index (χ1v) is 4.02. The van der Waals surface area contributed by atoms with E-state index in [0.29, 0.717) is 6.54 Å². The minimum absolute atomic E-state index is 0.697. The van der Waals surface area contributed by atoms with E-state index >= 15 is 0 Å². The summed E-state index contributed by atoms with van der Waals surface area (Å²) in [6.07, 6.45) is 1.61. The molecule has 68 valence electrons. The zero-order chi connectivity index (χ0) is 9.26. The number of nitrogens with zero attached hydrogens (tertiary/aromatic N) is 2. The summed E-state index contributed by atoms with van der Waals surface area (Å²) in [6.45, 7) is 0.697. The van der Waals surface area contributed by atoms with E-state index in [2.05, 4.69) is 4.99 Å². The van der Waals surface area contributed by atoms with E-state index < -0.39 is 0 Å². The summed E-state index contributed by atoms with van der Waals surface area (Å²) in [5.41, 5.74) is 2.05. The fourth-order valence-corrected chi connectivity index (χ4v) is 1.30. The molecule has 2 N–H and O–H groups in total. The second-order valence-corrected chi connectivity index (χ2v) is 2.91. The number of hydrogen-bond donors (Lipinski definition) is 1. The SMILES string of the molecule is COc1ccc2c(c1)N=CN(N)C2. The molecule has 1 aromatic carbocycles. The highest BCUT2D eigenvalue weighted by atomic mass is 16.5. The van der Waals surface area contributed by atoms with Gasteiger partial charge in [0.2, 0.25) is 0 Å². The Labute approximate surface area is 76.6 Å². The third-order valence-electron chi connectivity index (χ3n) is 1.99. The summed E-state index contributed by atoms with van der Waals surface area (Å²) < 4.78 is 5.09. The summed E-state index contributed by atoms with van der Waals surface area (Å²) in [4.78, 5) is 4.18. The van der Waals surface area contributed by atoms with Gasteiger partial charge >= 0.3 is 0 Å². The second kappa shape index (κ2) is 3.06. The largest absolute Gasteiger partial charge is 0.497 e. The lowest BCUT2D eigenvalue weighted by Crippen LogP contribution is -2.30. The predicted molar refractivity (Wildman–Crippen MR) is 50.9 cm³/mol. The van der Waals surface area contributed by atoms with Crippen LogP contribution in [0.15, 0.2) is 23.2 Å². The Hall–Kier alpha value is -1.55. The average molecular weight is 177 g/mol. The number of hydrogen-bond acceptors (Lipinski definition) is 4. The molecule has 0 atom stereocenters. The third-order valence-corrected chi connectivity index (χ3v) is 1.99. The Morgan fingerprint density at radius 3 is 3.15 bits per heavy atom. The van der Waals surface area contributed by atoms with Crippen LogP contribution in [0.3, 0.4) is 0 Å². The van der Waals surface area contributed by atoms with Crippen LogP contribution >= 0.6 is 0 Å². The topological polar surface area (TPSA) is 50.8 Å². The highest BCUT2D eigenvalue weighted by molar-refractivity contribution is 5.67. The Morgan fingerprint density at radius 1 is 1.54 bits per heavy atom. The number of rotatable bonds is 1. The van der Waals surface area contributed by atoms with Gasteiger partial charge in [-0.15, -0.1) is 0 Å². The van der Waals surface area contributed by atoms with Gasteiger partial charge in [-0.2, -0.15) is 0 Å². The Bertz CT molecular complexity index is 349. The molecule has 4 nitrogen and oxygen atoms in total. The van der Waals surface area contributed by atoms with E-state index in [1.165, 1.54) is 0 Å². The third kappa shape index (κ3) is 1.48. The van der Waals surface area contributed by atoms with E-state index in [1.807, 2.05) is 18.2 Å². The number of fused-ring (bicyclic) bond motifs is 1. The number of nitrogens with two attached hydrogens (primary N) is 1. The van der Waals surface area contributed by atoms with Crippen LogP contribution in [0.1, 0.15) is 5.56 Å². The minimum atomic E-state index is 0.697. The van der Waals surface area contributed by atoms with Crippen LogP contribution < -0.4 is 10.6 Å². The van der Waals surface area contributed by atoms with Crippen LogP contribution in [-0.4, -0.2) is 18.5 Å². The number of benzene rings is 1. The molecule has 4 heteroatoms. The van der Waals surface area contributed by atoms with Crippen LogP contribution in [0.2, 0.25) is 0 Å². The summed E-state index contributed by atoms with van der Waals surface area (Å²) in [7, 11) is 1.64. The molecule has 0 aromatic heterocycles. The molecule has 2 rings (SSSR count). The molecule has 0 aliphatic carbocycles. The lowest BCUT2D eigenvalue weighted by atomic mass is 10.1. The fourth-order valence-electron chi connectivity index (χ4n) is 1.30. The zero-order valence-electron chi connectivity index (χ0n) is 7.40. The smallest absolute Gasteiger partial charge is 0.121 e. The van der Waals surface area contributed by atoms with E-state index in [4.69, 9.17) is 10.6 Å². The molecule has 0 radical (unpaired) electrons. The molecule has 0 bridgehead atoms. The van der Waals surface area contributed by atoms with Gasteiger partial charge in [0.15, 0.2) is 0 Å². The van der Waals surface area contributed by atoms with E-state index in [1.54, 1.807) is 18.5 Å². The average Bonchev–Trinajstić information content (AvgIpc) is 2.17. The molecular weight excluding hydrogens is 166 g/mol. The Morgan fingerprint density at radius 2 is 2.38 bits per heavy atom. The highest BCUT2D eigenvalue weighted by Gasteiger charge is 2.09. The molecule has 0 amide bonds. The number of aliphatic imine (C=N–C) groups is 1. The molecule has 1 aliphatic heterocycles. The van der Waals surface area contributed by atoms with Crippen molar-refractivity contribution in [2.24, 2.45) is 10.8 Å². The van der Waals surface area contributed by atoms with Crippen LogP contribution in [-0.2, 0) is 6.54 Å². The molecule has 0 unspecified atom stereocenters.